The number of ether oxygens (including phenoxy) is 3. The number of carbonyl (C=O) groups is 1. The van der Waals surface area contributed by atoms with E-state index in [9.17, 15) is 4.79 Å². The lowest BCUT2D eigenvalue weighted by atomic mass is 9.98. The number of nitrogens with one attached hydrogen (secondary N) is 1. The summed E-state index contributed by atoms with van der Waals surface area (Å²) < 4.78 is 16.8. The number of fused-ring (bicyclic) bond motifs is 1. The van der Waals surface area contributed by atoms with Gasteiger partial charge in [-0.15, -0.1) is 22.7 Å². The highest BCUT2D eigenvalue weighted by Crippen LogP contribution is 2.46. The van der Waals surface area contributed by atoms with Gasteiger partial charge in [-0.2, -0.15) is 0 Å². The van der Waals surface area contributed by atoms with Crippen molar-refractivity contribution in [2.75, 3.05) is 32.4 Å². The molecule has 0 unspecified atom stereocenters. The molecule has 6 rings (SSSR count). The zero-order valence-corrected chi connectivity index (χ0v) is 24.5. The molecule has 210 valence electrons. The topological polar surface area (TPSA) is 121 Å². The van der Waals surface area contributed by atoms with E-state index in [1.54, 1.807) is 33.7 Å². The Morgan fingerprint density at radius 3 is 2.26 bits per heavy atom. The number of aromatic nitrogens is 3. The van der Waals surface area contributed by atoms with Crippen molar-refractivity contribution in [2.24, 2.45) is 0 Å². The smallest absolute Gasteiger partial charge is 0.269 e. The third-order valence-corrected chi connectivity index (χ3v) is 8.49. The van der Waals surface area contributed by atoms with E-state index >= 15 is 0 Å². The average molecular weight is 596 g/mol. The number of amides is 1. The number of nitrogens with two attached hydrogens (primary N) is 1. The Balaban J connectivity index is 1.47. The number of anilines is 2. The maximum absolute atomic E-state index is 13.5. The van der Waals surface area contributed by atoms with E-state index in [4.69, 9.17) is 24.9 Å². The Morgan fingerprint density at radius 1 is 0.857 bits per heavy atom. The van der Waals surface area contributed by atoms with Gasteiger partial charge in [0.2, 0.25) is 5.75 Å². The molecule has 0 saturated carbocycles. The first-order valence-electron chi connectivity index (χ1n) is 12.8. The van der Waals surface area contributed by atoms with Crippen LogP contribution in [0.4, 0.5) is 10.8 Å². The maximum atomic E-state index is 13.5. The van der Waals surface area contributed by atoms with Crippen molar-refractivity contribution in [3.05, 3.63) is 83.3 Å². The summed E-state index contributed by atoms with van der Waals surface area (Å²) in [7, 11) is 4.69. The Morgan fingerprint density at radius 2 is 1.60 bits per heavy atom. The number of rotatable bonds is 8. The zero-order chi connectivity index (χ0) is 29.2. The first kappa shape index (κ1) is 27.2. The molecule has 3 N–H and O–H groups in total. The van der Waals surface area contributed by atoms with Gasteiger partial charge in [0.1, 0.15) is 9.71 Å². The van der Waals surface area contributed by atoms with E-state index < -0.39 is 0 Å². The van der Waals surface area contributed by atoms with Crippen LogP contribution >= 0.6 is 22.7 Å². The molecule has 0 aliphatic heterocycles. The lowest BCUT2D eigenvalue weighted by molar-refractivity contribution is 0.103. The molecule has 0 bridgehead atoms. The van der Waals surface area contributed by atoms with Crippen LogP contribution in [0.2, 0.25) is 0 Å². The van der Waals surface area contributed by atoms with Crippen molar-refractivity contribution in [1.29, 1.82) is 0 Å². The minimum atomic E-state index is -0.361. The summed E-state index contributed by atoms with van der Waals surface area (Å²) in [6, 6.07) is 19.3. The molecule has 0 atom stereocenters. The van der Waals surface area contributed by atoms with Crippen molar-refractivity contribution >= 4 is 49.6 Å². The molecule has 4 heterocycles. The molecule has 9 nitrogen and oxygen atoms in total. The molecule has 0 fully saturated rings. The Labute approximate surface area is 249 Å². The highest BCUT2D eigenvalue weighted by Gasteiger charge is 2.24. The van der Waals surface area contributed by atoms with Crippen LogP contribution in [0, 0.1) is 0 Å². The maximum Gasteiger partial charge on any atom is 0.269 e. The van der Waals surface area contributed by atoms with Crippen molar-refractivity contribution in [1.82, 2.24) is 15.0 Å². The van der Waals surface area contributed by atoms with E-state index in [1.807, 2.05) is 66.0 Å². The van der Waals surface area contributed by atoms with Gasteiger partial charge in [-0.05, 0) is 41.5 Å². The first-order chi connectivity index (χ1) is 20.5. The van der Waals surface area contributed by atoms with Gasteiger partial charge >= 0.3 is 0 Å². The highest BCUT2D eigenvalue weighted by atomic mass is 32.1. The number of thiophene rings is 1. The number of carbonyl (C=O) groups excluding carboxylic acids is 1. The molecule has 42 heavy (non-hydrogen) atoms. The molecule has 4 aromatic heterocycles. The highest BCUT2D eigenvalue weighted by molar-refractivity contribution is 7.21. The van der Waals surface area contributed by atoms with Crippen LogP contribution in [-0.2, 0) is 0 Å². The van der Waals surface area contributed by atoms with Crippen LogP contribution in [0.1, 0.15) is 9.67 Å². The predicted molar refractivity (Wildman–Crippen MR) is 168 cm³/mol. The van der Waals surface area contributed by atoms with Gasteiger partial charge in [0.15, 0.2) is 16.6 Å². The van der Waals surface area contributed by atoms with E-state index in [2.05, 4.69) is 15.3 Å². The fourth-order valence-corrected chi connectivity index (χ4v) is 6.37. The standard InChI is InChI=1S/C31H25N5O4S2/c1-38-23-12-19(13-24(39-2)27(23)40-3)20-14-21(17-8-5-4-6-9-17)34-30-25(20)26(32)28(42-30)29(37)36-31-35-22(16-41-31)18-10-7-11-33-15-18/h4-16H,32H2,1-3H3,(H,35,36,37). The van der Waals surface area contributed by atoms with Crippen LogP contribution in [0.25, 0.3) is 43.9 Å². The summed E-state index contributed by atoms with van der Waals surface area (Å²) >= 11 is 2.56. The molecule has 2 aromatic carbocycles. The summed E-state index contributed by atoms with van der Waals surface area (Å²) in [6.07, 6.45) is 3.43. The van der Waals surface area contributed by atoms with Crippen LogP contribution in [0.3, 0.4) is 0 Å². The normalized spacial score (nSPS) is 10.9. The Hall–Kier alpha value is -5.00. The molecular weight excluding hydrogens is 571 g/mol. The van der Waals surface area contributed by atoms with Gasteiger partial charge in [0.05, 0.1) is 38.4 Å². The SMILES string of the molecule is COc1cc(-c2cc(-c3ccccc3)nc3sc(C(=O)Nc4nc(-c5cccnc5)cs4)c(N)c23)cc(OC)c1OC. The van der Waals surface area contributed by atoms with E-state index in [1.165, 1.54) is 22.7 Å². The third-order valence-electron chi connectivity index (χ3n) is 6.63. The zero-order valence-electron chi connectivity index (χ0n) is 22.9. The summed E-state index contributed by atoms with van der Waals surface area (Å²) in [5.41, 5.74) is 11.8. The lowest BCUT2D eigenvalue weighted by Crippen LogP contribution is -2.11. The number of thiazole rings is 1. The molecule has 1 amide bonds. The van der Waals surface area contributed by atoms with E-state index in [0.29, 0.717) is 43.2 Å². The predicted octanol–water partition coefficient (Wildman–Crippen LogP) is 7.01. The molecule has 0 aliphatic carbocycles. The van der Waals surface area contributed by atoms with Crippen molar-refractivity contribution < 1.29 is 19.0 Å². The second-order valence-corrected chi connectivity index (χ2v) is 11.0. The number of benzene rings is 2. The van der Waals surface area contributed by atoms with Crippen LogP contribution in [-0.4, -0.2) is 42.2 Å². The van der Waals surface area contributed by atoms with E-state index in [0.717, 1.165) is 33.6 Å². The summed E-state index contributed by atoms with van der Waals surface area (Å²) in [6.45, 7) is 0. The molecule has 6 aromatic rings. The monoisotopic (exact) mass is 595 g/mol. The summed E-state index contributed by atoms with van der Waals surface area (Å²) in [5, 5.41) is 5.89. The number of nitrogen functional groups attached to an aromatic ring is 1. The molecular formula is C31H25N5O4S2. The lowest BCUT2D eigenvalue weighted by Gasteiger charge is -2.15. The molecule has 11 heteroatoms. The van der Waals surface area contributed by atoms with Gasteiger partial charge in [-0.3, -0.25) is 15.1 Å². The van der Waals surface area contributed by atoms with Crippen LogP contribution in [0.5, 0.6) is 17.2 Å². The average Bonchev–Trinajstić information content (AvgIpc) is 3.64. The number of methoxy groups -OCH3 is 3. The second-order valence-electron chi connectivity index (χ2n) is 9.09. The van der Waals surface area contributed by atoms with Gasteiger partial charge in [-0.25, -0.2) is 9.97 Å². The first-order valence-corrected chi connectivity index (χ1v) is 14.5. The Kier molecular flexibility index (Phi) is 7.43. The van der Waals surface area contributed by atoms with Gasteiger partial charge < -0.3 is 19.9 Å². The molecule has 0 radical (unpaired) electrons. The molecule has 0 aliphatic rings. The van der Waals surface area contributed by atoms with E-state index in [-0.39, 0.29) is 5.91 Å². The van der Waals surface area contributed by atoms with Gasteiger partial charge in [-0.1, -0.05) is 30.3 Å². The van der Waals surface area contributed by atoms with Crippen molar-refractivity contribution in [3.8, 4) is 50.9 Å². The minimum absolute atomic E-state index is 0.326. The Bertz CT molecular complexity index is 1880. The summed E-state index contributed by atoms with van der Waals surface area (Å²) in [5.74, 6) is 1.11. The number of hydrogen-bond donors (Lipinski definition) is 2. The van der Waals surface area contributed by atoms with Crippen LogP contribution in [0.15, 0.2) is 78.4 Å². The molecule has 0 spiro atoms. The number of nitrogens with zero attached hydrogens (tertiary/aromatic N) is 3. The number of hydrogen-bond acceptors (Lipinski definition) is 10. The fourth-order valence-electron chi connectivity index (χ4n) is 4.64. The minimum Gasteiger partial charge on any atom is -0.493 e. The van der Waals surface area contributed by atoms with Gasteiger partial charge in [0, 0.05) is 34.3 Å². The largest absolute Gasteiger partial charge is 0.493 e. The van der Waals surface area contributed by atoms with Gasteiger partial charge in [0.25, 0.3) is 5.91 Å². The third kappa shape index (κ3) is 5.00. The summed E-state index contributed by atoms with van der Waals surface area (Å²) in [4.78, 5) is 28.1. The van der Waals surface area contributed by atoms with Crippen molar-refractivity contribution in [2.45, 2.75) is 0 Å². The van der Waals surface area contributed by atoms with Crippen molar-refractivity contribution in [3.63, 3.8) is 0 Å². The quantitative estimate of drug-likeness (QED) is 0.193. The second kappa shape index (κ2) is 11.5. The van der Waals surface area contributed by atoms with Crippen LogP contribution < -0.4 is 25.3 Å². The molecule has 0 saturated heterocycles. The fraction of sp³-hybridized carbons (Fsp3) is 0.0968. The number of pyridine rings is 2.